The van der Waals surface area contributed by atoms with Crippen molar-refractivity contribution in [3.63, 3.8) is 0 Å². The molecule has 0 aliphatic carbocycles. The zero-order valence-electron chi connectivity index (χ0n) is 14.1. The molecule has 22 heavy (non-hydrogen) atoms. The van der Waals surface area contributed by atoms with Gasteiger partial charge in [0, 0.05) is 12.7 Å². The van der Waals surface area contributed by atoms with Crippen LogP contribution in [0.2, 0.25) is 11.1 Å². The van der Waals surface area contributed by atoms with Crippen molar-refractivity contribution < 1.29 is 9.53 Å². The molecule has 1 N–H and O–H groups in total. The smallest absolute Gasteiger partial charge is 0.221 e. The maximum atomic E-state index is 10.3. The average Bonchev–Trinajstić information content (AvgIpc) is 2.48. The molecule has 118 valence electrons. The van der Waals surface area contributed by atoms with Gasteiger partial charge in [0.2, 0.25) is 8.32 Å². The number of phenolic OH excluding ortho intramolecular Hbond substituents is 1. The summed E-state index contributed by atoms with van der Waals surface area (Å²) in [5.74, 6) is 0.321. The summed E-state index contributed by atoms with van der Waals surface area (Å²) in [5.41, 5.74) is 4.05. The fraction of sp³-hybridized carbons (Fsp3) is 0.368. The quantitative estimate of drug-likeness (QED) is 0.737. The molecular formula is C19H26O2Si. The first-order chi connectivity index (χ1) is 10.4. The van der Waals surface area contributed by atoms with Crippen LogP contribution in [-0.4, -0.2) is 20.5 Å². The van der Waals surface area contributed by atoms with Crippen LogP contribution in [0.15, 0.2) is 42.1 Å². The van der Waals surface area contributed by atoms with Gasteiger partial charge >= 0.3 is 0 Å². The van der Waals surface area contributed by atoms with Crippen LogP contribution in [0, 0.1) is 0 Å². The zero-order valence-corrected chi connectivity index (χ0v) is 15.1. The van der Waals surface area contributed by atoms with Gasteiger partial charge < -0.3 is 9.53 Å². The van der Waals surface area contributed by atoms with E-state index < -0.39 is 8.32 Å². The van der Waals surface area contributed by atoms with E-state index in [1.54, 1.807) is 0 Å². The SMILES string of the molecule is CO[Si](/C=C/c1cc2ccccc2cc1O)(C(C)C)C(C)C. The summed E-state index contributed by atoms with van der Waals surface area (Å²) in [5, 5.41) is 12.5. The van der Waals surface area contributed by atoms with Crippen LogP contribution in [-0.2, 0) is 4.43 Å². The van der Waals surface area contributed by atoms with E-state index in [9.17, 15) is 5.11 Å². The maximum absolute atomic E-state index is 10.3. The molecule has 0 radical (unpaired) electrons. The van der Waals surface area contributed by atoms with Crippen LogP contribution in [0.3, 0.4) is 0 Å². The summed E-state index contributed by atoms with van der Waals surface area (Å²) in [4.78, 5) is 0. The van der Waals surface area contributed by atoms with Crippen LogP contribution in [0.5, 0.6) is 5.75 Å². The Morgan fingerprint density at radius 2 is 1.55 bits per heavy atom. The van der Waals surface area contributed by atoms with Crippen molar-refractivity contribution >= 4 is 25.2 Å². The molecule has 2 aromatic rings. The van der Waals surface area contributed by atoms with Gasteiger partial charge in [-0.2, -0.15) is 0 Å². The summed E-state index contributed by atoms with van der Waals surface area (Å²) in [7, 11) is -0.173. The molecule has 0 saturated carbocycles. The Morgan fingerprint density at radius 3 is 2.05 bits per heavy atom. The van der Waals surface area contributed by atoms with Crippen molar-refractivity contribution in [3.8, 4) is 5.75 Å². The van der Waals surface area contributed by atoms with Crippen molar-refractivity contribution in [1.29, 1.82) is 0 Å². The van der Waals surface area contributed by atoms with Crippen LogP contribution in [0.25, 0.3) is 16.8 Å². The summed E-state index contributed by atoms with van der Waals surface area (Å²) < 4.78 is 5.98. The van der Waals surface area contributed by atoms with E-state index >= 15 is 0 Å². The highest BCUT2D eigenvalue weighted by molar-refractivity contribution is 6.81. The minimum absolute atomic E-state index is 0.321. The predicted molar refractivity (Wildman–Crippen MR) is 97.6 cm³/mol. The average molecular weight is 315 g/mol. The second-order valence-corrected chi connectivity index (χ2v) is 11.2. The number of rotatable bonds is 5. The number of hydrogen-bond donors (Lipinski definition) is 1. The standard InChI is InChI=1S/C19H26O2Si/c1-14(2)22(21-5,15(3)4)11-10-18-12-16-8-6-7-9-17(16)13-19(18)20/h6-15,20H,1-5H3/b11-10+. The number of aromatic hydroxyl groups is 1. The van der Waals surface area contributed by atoms with Gasteiger partial charge in [-0.15, -0.1) is 0 Å². The minimum atomic E-state index is -1.99. The molecule has 3 heteroatoms. The lowest BCUT2D eigenvalue weighted by molar-refractivity contribution is 0.384. The Hall–Kier alpha value is -1.58. The highest BCUT2D eigenvalue weighted by Gasteiger charge is 2.38. The number of hydrogen-bond acceptors (Lipinski definition) is 2. The Bertz CT molecular complexity index is 666. The Kier molecular flexibility index (Phi) is 5.09. The van der Waals surface area contributed by atoms with Gasteiger partial charge in [-0.05, 0) is 34.0 Å². The molecule has 0 unspecified atom stereocenters. The summed E-state index contributed by atoms with van der Waals surface area (Å²) >= 11 is 0. The van der Waals surface area contributed by atoms with Crippen molar-refractivity contribution in [2.45, 2.75) is 38.8 Å². The first-order valence-corrected chi connectivity index (χ1v) is 10.0. The Morgan fingerprint density at radius 1 is 1.00 bits per heavy atom. The van der Waals surface area contributed by atoms with Crippen molar-refractivity contribution in [3.05, 3.63) is 47.7 Å². The molecule has 0 bridgehead atoms. The molecule has 0 heterocycles. The number of phenols is 1. The Labute approximate surface area is 134 Å². The van der Waals surface area contributed by atoms with Crippen LogP contribution in [0.4, 0.5) is 0 Å². The fourth-order valence-corrected chi connectivity index (χ4v) is 6.81. The molecule has 0 spiro atoms. The van der Waals surface area contributed by atoms with Gasteiger partial charge in [0.05, 0.1) is 0 Å². The van der Waals surface area contributed by atoms with Gasteiger partial charge in [0.15, 0.2) is 0 Å². The van der Waals surface area contributed by atoms with Crippen molar-refractivity contribution in [2.24, 2.45) is 0 Å². The van der Waals surface area contributed by atoms with E-state index in [1.165, 1.54) is 0 Å². The van der Waals surface area contributed by atoms with E-state index in [0.29, 0.717) is 16.8 Å². The molecule has 0 aliphatic heterocycles. The van der Waals surface area contributed by atoms with Crippen LogP contribution in [0.1, 0.15) is 33.3 Å². The number of benzene rings is 2. The molecular weight excluding hydrogens is 288 g/mol. The number of fused-ring (bicyclic) bond motifs is 1. The van der Waals surface area contributed by atoms with Crippen LogP contribution >= 0.6 is 0 Å². The molecule has 0 amide bonds. The zero-order chi connectivity index (χ0) is 16.3. The van der Waals surface area contributed by atoms with E-state index in [-0.39, 0.29) is 0 Å². The molecule has 0 atom stereocenters. The lowest BCUT2D eigenvalue weighted by Gasteiger charge is -2.34. The van der Waals surface area contributed by atoms with Gasteiger partial charge in [-0.3, -0.25) is 0 Å². The first kappa shape index (κ1) is 16.8. The molecule has 2 aromatic carbocycles. The molecule has 2 nitrogen and oxygen atoms in total. The van der Waals surface area contributed by atoms with Gasteiger partial charge in [0.1, 0.15) is 5.75 Å². The third-order valence-electron chi connectivity index (χ3n) is 4.58. The summed E-state index contributed by atoms with van der Waals surface area (Å²) in [6.07, 6.45) is 2.04. The van der Waals surface area contributed by atoms with Gasteiger partial charge in [-0.25, -0.2) is 0 Å². The molecule has 0 aromatic heterocycles. The largest absolute Gasteiger partial charge is 0.507 e. The third-order valence-corrected chi connectivity index (χ3v) is 9.58. The van der Waals surface area contributed by atoms with E-state index in [2.05, 4.69) is 39.5 Å². The molecule has 0 fully saturated rings. The monoisotopic (exact) mass is 314 g/mol. The summed E-state index contributed by atoms with van der Waals surface area (Å²) in [6, 6.07) is 11.9. The second-order valence-electron chi connectivity index (χ2n) is 6.46. The molecule has 2 rings (SSSR count). The van der Waals surface area contributed by atoms with E-state index in [0.717, 1.165) is 16.3 Å². The lowest BCUT2D eigenvalue weighted by Crippen LogP contribution is -2.42. The predicted octanol–water partition coefficient (Wildman–Crippen LogP) is 5.51. The van der Waals surface area contributed by atoms with Gasteiger partial charge in [-0.1, -0.05) is 63.7 Å². The summed E-state index contributed by atoms with van der Waals surface area (Å²) in [6.45, 7) is 8.89. The van der Waals surface area contributed by atoms with Crippen LogP contribution < -0.4 is 0 Å². The normalized spacial score (nSPS) is 12.9. The highest BCUT2D eigenvalue weighted by Crippen LogP contribution is 2.35. The van der Waals surface area contributed by atoms with Gasteiger partial charge in [0.25, 0.3) is 0 Å². The van der Waals surface area contributed by atoms with E-state index in [1.807, 2.05) is 43.5 Å². The van der Waals surface area contributed by atoms with E-state index in [4.69, 9.17) is 4.43 Å². The molecule has 0 aliphatic rings. The highest BCUT2D eigenvalue weighted by atomic mass is 28.4. The lowest BCUT2D eigenvalue weighted by atomic mass is 10.1. The maximum Gasteiger partial charge on any atom is 0.221 e. The van der Waals surface area contributed by atoms with Crippen molar-refractivity contribution in [2.75, 3.05) is 7.11 Å². The third kappa shape index (κ3) is 3.11. The minimum Gasteiger partial charge on any atom is -0.507 e. The Balaban J connectivity index is 2.46. The molecule has 0 saturated heterocycles. The fourth-order valence-electron chi connectivity index (χ4n) is 3.19. The van der Waals surface area contributed by atoms with Crippen molar-refractivity contribution in [1.82, 2.24) is 0 Å². The first-order valence-electron chi connectivity index (χ1n) is 7.87. The topological polar surface area (TPSA) is 29.5 Å². The second kappa shape index (κ2) is 6.67.